The van der Waals surface area contributed by atoms with Crippen LogP contribution in [0.3, 0.4) is 0 Å². The van der Waals surface area contributed by atoms with Crippen molar-refractivity contribution in [2.24, 2.45) is 0 Å². The molecule has 0 aliphatic carbocycles. The lowest BCUT2D eigenvalue weighted by atomic mass is 10.2. The molecule has 0 fully saturated rings. The predicted octanol–water partition coefficient (Wildman–Crippen LogP) is 2.97. The van der Waals surface area contributed by atoms with Crippen molar-refractivity contribution in [2.45, 2.75) is 30.7 Å². The first-order valence-corrected chi connectivity index (χ1v) is 8.96. The van der Waals surface area contributed by atoms with Gasteiger partial charge in [-0.25, -0.2) is 14.6 Å². The molecule has 0 saturated heterocycles. The number of hydrogen-bond donors (Lipinski definition) is 0. The molecule has 3 aromatic rings. The standard InChI is InChI=1S/C16H16ClN5O2S/c1-3-24-16(23)10(2)25-15-13-14(18-9-19-15)22(21-20-13)8-11-4-6-12(17)7-5-11/h4-7,9-10H,3,8H2,1-2H3/t10-/m0/s1. The molecule has 2 aromatic heterocycles. The molecule has 25 heavy (non-hydrogen) atoms. The summed E-state index contributed by atoms with van der Waals surface area (Å²) in [5, 5.41) is 9.24. The summed E-state index contributed by atoms with van der Waals surface area (Å²) in [5.41, 5.74) is 2.21. The summed E-state index contributed by atoms with van der Waals surface area (Å²) in [6.45, 7) is 4.41. The highest BCUT2D eigenvalue weighted by molar-refractivity contribution is 8.00. The second-order valence-electron chi connectivity index (χ2n) is 5.24. The molecule has 0 aliphatic heterocycles. The largest absolute Gasteiger partial charge is 0.465 e. The summed E-state index contributed by atoms with van der Waals surface area (Å²) in [6, 6.07) is 7.51. The van der Waals surface area contributed by atoms with E-state index in [-0.39, 0.29) is 11.2 Å². The van der Waals surface area contributed by atoms with Crippen LogP contribution >= 0.6 is 23.4 Å². The van der Waals surface area contributed by atoms with Gasteiger partial charge in [0.1, 0.15) is 16.6 Å². The first kappa shape index (κ1) is 17.6. The number of rotatable bonds is 6. The second-order valence-corrected chi connectivity index (χ2v) is 7.00. The van der Waals surface area contributed by atoms with Crippen LogP contribution in [0, 0.1) is 0 Å². The molecule has 130 valence electrons. The summed E-state index contributed by atoms with van der Waals surface area (Å²) >= 11 is 7.19. The normalized spacial score (nSPS) is 12.3. The van der Waals surface area contributed by atoms with E-state index in [4.69, 9.17) is 16.3 Å². The minimum Gasteiger partial charge on any atom is -0.465 e. The fraction of sp³-hybridized carbons (Fsp3) is 0.312. The van der Waals surface area contributed by atoms with Gasteiger partial charge in [-0.3, -0.25) is 4.79 Å². The van der Waals surface area contributed by atoms with Gasteiger partial charge in [0.05, 0.1) is 13.2 Å². The number of halogens is 1. The first-order chi connectivity index (χ1) is 12.1. The number of nitrogens with zero attached hydrogens (tertiary/aromatic N) is 5. The average Bonchev–Trinajstić information content (AvgIpc) is 3.01. The number of hydrogen-bond acceptors (Lipinski definition) is 7. The van der Waals surface area contributed by atoms with E-state index in [1.54, 1.807) is 18.5 Å². The lowest BCUT2D eigenvalue weighted by Crippen LogP contribution is -2.16. The van der Waals surface area contributed by atoms with Gasteiger partial charge >= 0.3 is 5.97 Å². The Morgan fingerprint density at radius 1 is 1.32 bits per heavy atom. The SMILES string of the molecule is CCOC(=O)[C@H](C)Sc1ncnc2c1nnn2Cc1ccc(Cl)cc1. The summed E-state index contributed by atoms with van der Waals surface area (Å²) in [4.78, 5) is 20.3. The molecule has 9 heteroatoms. The van der Waals surface area contributed by atoms with Crippen LogP contribution < -0.4 is 0 Å². The highest BCUT2D eigenvalue weighted by Crippen LogP contribution is 2.27. The Kier molecular flexibility index (Phi) is 5.50. The Balaban J connectivity index is 1.84. The quantitative estimate of drug-likeness (QED) is 0.371. The van der Waals surface area contributed by atoms with Crippen molar-refractivity contribution in [3.63, 3.8) is 0 Å². The zero-order chi connectivity index (χ0) is 17.8. The first-order valence-electron chi connectivity index (χ1n) is 7.70. The third-order valence-electron chi connectivity index (χ3n) is 3.42. The Morgan fingerprint density at radius 2 is 2.08 bits per heavy atom. The molecule has 0 aliphatic rings. The smallest absolute Gasteiger partial charge is 0.319 e. The van der Waals surface area contributed by atoms with Crippen LogP contribution in [0.15, 0.2) is 35.6 Å². The fourth-order valence-corrected chi connectivity index (χ4v) is 3.18. The van der Waals surface area contributed by atoms with Gasteiger partial charge in [0, 0.05) is 5.02 Å². The molecule has 1 aromatic carbocycles. The molecule has 7 nitrogen and oxygen atoms in total. The number of aromatic nitrogens is 5. The Hall–Kier alpha value is -2.19. The maximum absolute atomic E-state index is 11.8. The third kappa shape index (κ3) is 4.08. The maximum Gasteiger partial charge on any atom is 0.319 e. The number of benzene rings is 1. The Labute approximate surface area is 153 Å². The molecular weight excluding hydrogens is 362 g/mol. The van der Waals surface area contributed by atoms with Crippen molar-refractivity contribution in [1.82, 2.24) is 25.0 Å². The van der Waals surface area contributed by atoms with Gasteiger partial charge in [-0.1, -0.05) is 40.7 Å². The van der Waals surface area contributed by atoms with Crippen LogP contribution in [0.5, 0.6) is 0 Å². The summed E-state index contributed by atoms with van der Waals surface area (Å²) in [6.07, 6.45) is 1.45. The molecule has 0 bridgehead atoms. The van der Waals surface area contributed by atoms with Gasteiger partial charge < -0.3 is 4.74 Å². The van der Waals surface area contributed by atoms with E-state index in [2.05, 4.69) is 20.3 Å². The second kappa shape index (κ2) is 7.79. The minimum atomic E-state index is -0.389. The fourth-order valence-electron chi connectivity index (χ4n) is 2.20. The predicted molar refractivity (Wildman–Crippen MR) is 95.6 cm³/mol. The van der Waals surface area contributed by atoms with Crippen LogP contribution in [0.4, 0.5) is 0 Å². The molecule has 0 saturated carbocycles. The van der Waals surface area contributed by atoms with Gasteiger partial charge in [0.15, 0.2) is 11.2 Å². The number of ether oxygens (including phenoxy) is 1. The van der Waals surface area contributed by atoms with E-state index >= 15 is 0 Å². The number of carbonyl (C=O) groups is 1. The monoisotopic (exact) mass is 377 g/mol. The molecule has 0 spiro atoms. The number of fused-ring (bicyclic) bond motifs is 1. The van der Waals surface area contributed by atoms with Crippen molar-refractivity contribution >= 4 is 40.5 Å². The van der Waals surface area contributed by atoms with Crippen molar-refractivity contribution in [1.29, 1.82) is 0 Å². The lowest BCUT2D eigenvalue weighted by molar-refractivity contribution is -0.142. The zero-order valence-electron chi connectivity index (χ0n) is 13.7. The van der Waals surface area contributed by atoms with E-state index in [0.29, 0.717) is 34.4 Å². The zero-order valence-corrected chi connectivity index (χ0v) is 15.3. The summed E-state index contributed by atoms with van der Waals surface area (Å²) in [7, 11) is 0. The van der Waals surface area contributed by atoms with Crippen molar-refractivity contribution in [2.75, 3.05) is 6.61 Å². The van der Waals surface area contributed by atoms with Gasteiger partial charge in [0.25, 0.3) is 0 Å². The van der Waals surface area contributed by atoms with Crippen molar-refractivity contribution < 1.29 is 9.53 Å². The summed E-state index contributed by atoms with van der Waals surface area (Å²) < 4.78 is 6.72. The van der Waals surface area contributed by atoms with Gasteiger partial charge in [-0.05, 0) is 31.5 Å². The number of thioether (sulfide) groups is 1. The molecule has 0 N–H and O–H groups in total. The topological polar surface area (TPSA) is 82.8 Å². The van der Waals surface area contributed by atoms with Crippen LogP contribution in [0.25, 0.3) is 11.2 Å². The average molecular weight is 378 g/mol. The molecule has 3 rings (SSSR count). The van der Waals surface area contributed by atoms with Gasteiger partial charge in [-0.15, -0.1) is 5.10 Å². The Bertz CT molecular complexity index is 884. The molecule has 0 radical (unpaired) electrons. The van der Waals surface area contributed by atoms with E-state index in [9.17, 15) is 4.79 Å². The van der Waals surface area contributed by atoms with E-state index < -0.39 is 0 Å². The Morgan fingerprint density at radius 3 is 2.80 bits per heavy atom. The van der Waals surface area contributed by atoms with Gasteiger partial charge in [-0.2, -0.15) is 0 Å². The van der Waals surface area contributed by atoms with Crippen molar-refractivity contribution in [3.05, 3.63) is 41.2 Å². The van der Waals surface area contributed by atoms with E-state index in [1.165, 1.54) is 18.1 Å². The van der Waals surface area contributed by atoms with Crippen LogP contribution in [0.2, 0.25) is 5.02 Å². The van der Waals surface area contributed by atoms with E-state index in [0.717, 1.165) is 5.56 Å². The van der Waals surface area contributed by atoms with Crippen molar-refractivity contribution in [3.8, 4) is 0 Å². The highest BCUT2D eigenvalue weighted by Gasteiger charge is 2.20. The third-order valence-corrected chi connectivity index (χ3v) is 4.74. The van der Waals surface area contributed by atoms with Crippen LogP contribution in [0.1, 0.15) is 19.4 Å². The molecule has 0 amide bonds. The van der Waals surface area contributed by atoms with Crippen LogP contribution in [-0.4, -0.2) is 42.8 Å². The molecule has 1 atom stereocenters. The van der Waals surface area contributed by atoms with E-state index in [1.807, 2.05) is 24.3 Å². The lowest BCUT2D eigenvalue weighted by Gasteiger charge is -2.09. The van der Waals surface area contributed by atoms with Gasteiger partial charge in [0.2, 0.25) is 0 Å². The molecule has 2 heterocycles. The minimum absolute atomic E-state index is 0.284. The maximum atomic E-state index is 11.8. The van der Waals surface area contributed by atoms with Crippen LogP contribution in [-0.2, 0) is 16.1 Å². The summed E-state index contributed by atoms with van der Waals surface area (Å²) in [5.74, 6) is -0.284. The number of carbonyl (C=O) groups excluding carboxylic acids is 1. The molecular formula is C16H16ClN5O2S. The molecule has 0 unspecified atom stereocenters. The highest BCUT2D eigenvalue weighted by atomic mass is 35.5. The number of esters is 1.